The Labute approximate surface area is 200 Å². The lowest BCUT2D eigenvalue weighted by molar-refractivity contribution is -0.124. The fourth-order valence-corrected chi connectivity index (χ4v) is 4.01. The molecular formula is C25H38F2N2O5. The van der Waals surface area contributed by atoms with E-state index in [0.29, 0.717) is 5.92 Å². The van der Waals surface area contributed by atoms with Gasteiger partial charge >= 0.3 is 6.09 Å². The molecule has 1 fully saturated rings. The van der Waals surface area contributed by atoms with E-state index in [1.54, 1.807) is 20.8 Å². The Bertz CT molecular complexity index is 823. The standard InChI is InChI=1S/C25H38F2N2O5/c1-15(2)7-8-20-13-29(24(32)34-25(4,5)6)22(14-33-20)23(31)21(28-16(3)30)11-17-9-18(26)12-19(27)10-17/h9-10,12,15,20-23,31H,7-8,11,13-14H2,1-6H3,(H,28,30)/t20?,21-,22?,23-/m0/s1. The van der Waals surface area contributed by atoms with Gasteiger partial charge in [0.2, 0.25) is 5.91 Å². The summed E-state index contributed by atoms with van der Waals surface area (Å²) in [5.74, 6) is -1.46. The summed E-state index contributed by atoms with van der Waals surface area (Å²) in [6, 6.07) is 1.32. The first-order valence-corrected chi connectivity index (χ1v) is 11.8. The van der Waals surface area contributed by atoms with Gasteiger partial charge < -0.3 is 19.9 Å². The van der Waals surface area contributed by atoms with Gasteiger partial charge in [0.15, 0.2) is 0 Å². The number of carbonyl (C=O) groups excluding carboxylic acids is 2. The van der Waals surface area contributed by atoms with Gasteiger partial charge in [-0.15, -0.1) is 0 Å². The minimum Gasteiger partial charge on any atom is -0.444 e. The van der Waals surface area contributed by atoms with Crippen LogP contribution in [0.3, 0.4) is 0 Å². The maximum absolute atomic E-state index is 13.7. The van der Waals surface area contributed by atoms with Crippen molar-refractivity contribution in [2.24, 2.45) is 5.92 Å². The van der Waals surface area contributed by atoms with Crippen LogP contribution >= 0.6 is 0 Å². The van der Waals surface area contributed by atoms with Gasteiger partial charge in [0, 0.05) is 13.0 Å². The lowest BCUT2D eigenvalue weighted by Gasteiger charge is -2.43. The van der Waals surface area contributed by atoms with Gasteiger partial charge in [0.25, 0.3) is 0 Å². The highest BCUT2D eigenvalue weighted by atomic mass is 19.1. The number of rotatable bonds is 8. The summed E-state index contributed by atoms with van der Waals surface area (Å²) in [7, 11) is 0. The topological polar surface area (TPSA) is 88.1 Å². The summed E-state index contributed by atoms with van der Waals surface area (Å²) in [5, 5.41) is 13.9. The van der Waals surface area contributed by atoms with E-state index in [1.165, 1.54) is 11.8 Å². The minimum absolute atomic E-state index is 0.0368. The Morgan fingerprint density at radius 1 is 1.24 bits per heavy atom. The Morgan fingerprint density at radius 2 is 1.85 bits per heavy atom. The monoisotopic (exact) mass is 484 g/mol. The first-order chi connectivity index (χ1) is 15.7. The van der Waals surface area contributed by atoms with Crippen LogP contribution in [0, 0.1) is 17.6 Å². The number of amides is 2. The van der Waals surface area contributed by atoms with Gasteiger partial charge in [-0.3, -0.25) is 9.69 Å². The third-order valence-electron chi connectivity index (χ3n) is 5.57. The molecule has 2 unspecified atom stereocenters. The number of ether oxygens (including phenoxy) is 2. The molecule has 0 aliphatic carbocycles. The maximum Gasteiger partial charge on any atom is 0.410 e. The normalized spacial score (nSPS) is 20.7. The van der Waals surface area contributed by atoms with Crippen LogP contribution in [-0.4, -0.2) is 65.1 Å². The summed E-state index contributed by atoms with van der Waals surface area (Å²) < 4.78 is 39.0. The molecule has 2 amide bonds. The zero-order valence-electron chi connectivity index (χ0n) is 20.9. The van der Waals surface area contributed by atoms with Crippen molar-refractivity contribution in [3.8, 4) is 0 Å². The second-order valence-corrected chi connectivity index (χ2v) is 10.4. The molecule has 2 rings (SSSR count). The molecule has 9 heteroatoms. The highest BCUT2D eigenvalue weighted by molar-refractivity contribution is 5.73. The first kappa shape index (κ1) is 28.0. The smallest absolute Gasteiger partial charge is 0.410 e. The molecule has 1 aliphatic rings. The van der Waals surface area contributed by atoms with Gasteiger partial charge in [-0.2, -0.15) is 0 Å². The number of aliphatic hydroxyl groups excluding tert-OH is 1. The number of carbonyl (C=O) groups is 2. The van der Waals surface area contributed by atoms with Gasteiger partial charge in [0.05, 0.1) is 37.4 Å². The fraction of sp³-hybridized carbons (Fsp3) is 0.680. The van der Waals surface area contributed by atoms with E-state index < -0.39 is 47.4 Å². The number of morpholine rings is 1. The predicted molar refractivity (Wildman–Crippen MR) is 124 cm³/mol. The first-order valence-electron chi connectivity index (χ1n) is 11.8. The lowest BCUT2D eigenvalue weighted by atomic mass is 9.94. The van der Waals surface area contributed by atoms with Crippen LogP contribution in [0.2, 0.25) is 0 Å². The fourth-order valence-electron chi connectivity index (χ4n) is 4.01. The molecular weight excluding hydrogens is 446 g/mol. The molecule has 1 aromatic rings. The molecule has 4 atom stereocenters. The van der Waals surface area contributed by atoms with Gasteiger partial charge in [-0.05, 0) is 63.6 Å². The summed E-state index contributed by atoms with van der Waals surface area (Å²) in [4.78, 5) is 26.4. The average molecular weight is 485 g/mol. The summed E-state index contributed by atoms with van der Waals surface area (Å²) in [5.41, 5.74) is -0.472. The van der Waals surface area contributed by atoms with Crippen LogP contribution < -0.4 is 5.32 Å². The van der Waals surface area contributed by atoms with Crippen LogP contribution in [-0.2, 0) is 20.7 Å². The third-order valence-corrected chi connectivity index (χ3v) is 5.57. The number of halogens is 2. The van der Waals surface area contributed by atoms with Crippen molar-refractivity contribution in [3.63, 3.8) is 0 Å². The van der Waals surface area contributed by atoms with Crippen LogP contribution in [0.1, 0.15) is 59.9 Å². The molecule has 0 radical (unpaired) electrons. The Kier molecular flexibility index (Phi) is 9.82. The van der Waals surface area contributed by atoms with Crippen molar-refractivity contribution in [1.82, 2.24) is 10.2 Å². The molecule has 0 bridgehead atoms. The SMILES string of the molecule is CC(=O)N[C@@H](Cc1cc(F)cc(F)c1)[C@H](O)C1COC(CCC(C)C)CN1C(=O)OC(C)(C)C. The number of benzene rings is 1. The predicted octanol–water partition coefficient (Wildman–Crippen LogP) is 3.81. The molecule has 7 nitrogen and oxygen atoms in total. The van der Waals surface area contributed by atoms with Crippen molar-refractivity contribution >= 4 is 12.0 Å². The van der Waals surface area contributed by atoms with E-state index in [4.69, 9.17) is 9.47 Å². The maximum atomic E-state index is 13.7. The van der Waals surface area contributed by atoms with E-state index in [-0.39, 0.29) is 31.2 Å². The van der Waals surface area contributed by atoms with E-state index in [1.807, 2.05) is 0 Å². The molecule has 192 valence electrons. The van der Waals surface area contributed by atoms with Crippen molar-refractivity contribution < 1.29 is 33.0 Å². The van der Waals surface area contributed by atoms with Gasteiger partial charge in [-0.25, -0.2) is 13.6 Å². The quantitative estimate of drug-likeness (QED) is 0.586. The minimum atomic E-state index is -1.27. The zero-order valence-corrected chi connectivity index (χ0v) is 20.9. The Balaban J connectivity index is 2.28. The Hall–Kier alpha value is -2.26. The van der Waals surface area contributed by atoms with Gasteiger partial charge in [0.1, 0.15) is 17.2 Å². The molecule has 34 heavy (non-hydrogen) atoms. The second kappa shape index (κ2) is 11.9. The molecule has 1 aromatic carbocycles. The second-order valence-electron chi connectivity index (χ2n) is 10.4. The van der Waals surface area contributed by atoms with Crippen molar-refractivity contribution in [1.29, 1.82) is 0 Å². The van der Waals surface area contributed by atoms with Crippen molar-refractivity contribution in [3.05, 3.63) is 35.4 Å². The highest BCUT2D eigenvalue weighted by Gasteiger charge is 2.41. The van der Waals surface area contributed by atoms with E-state index in [0.717, 1.165) is 31.0 Å². The van der Waals surface area contributed by atoms with Crippen molar-refractivity contribution in [2.75, 3.05) is 13.2 Å². The number of hydrogen-bond donors (Lipinski definition) is 2. The van der Waals surface area contributed by atoms with Crippen LogP contribution in [0.25, 0.3) is 0 Å². The van der Waals surface area contributed by atoms with Gasteiger partial charge in [-0.1, -0.05) is 13.8 Å². The van der Waals surface area contributed by atoms with E-state index >= 15 is 0 Å². The molecule has 0 spiro atoms. The average Bonchev–Trinajstić information content (AvgIpc) is 2.68. The van der Waals surface area contributed by atoms with Crippen molar-refractivity contribution in [2.45, 2.75) is 90.7 Å². The zero-order chi connectivity index (χ0) is 25.6. The lowest BCUT2D eigenvalue weighted by Crippen LogP contribution is -2.62. The Morgan fingerprint density at radius 3 is 2.38 bits per heavy atom. The number of hydrogen-bond acceptors (Lipinski definition) is 5. The highest BCUT2D eigenvalue weighted by Crippen LogP contribution is 2.24. The van der Waals surface area contributed by atoms with E-state index in [2.05, 4.69) is 19.2 Å². The van der Waals surface area contributed by atoms with Crippen LogP contribution in [0.15, 0.2) is 18.2 Å². The number of nitrogens with one attached hydrogen (secondary N) is 1. The van der Waals surface area contributed by atoms with Crippen LogP contribution in [0.4, 0.5) is 13.6 Å². The summed E-state index contributed by atoms with van der Waals surface area (Å²) >= 11 is 0. The van der Waals surface area contributed by atoms with E-state index in [9.17, 15) is 23.5 Å². The largest absolute Gasteiger partial charge is 0.444 e. The molecule has 0 saturated carbocycles. The third kappa shape index (κ3) is 8.83. The number of nitrogens with zero attached hydrogens (tertiary/aromatic N) is 1. The van der Waals surface area contributed by atoms with Crippen LogP contribution in [0.5, 0.6) is 0 Å². The summed E-state index contributed by atoms with van der Waals surface area (Å²) in [6.07, 6.45) is -0.446. The molecule has 2 N–H and O–H groups in total. The molecule has 1 heterocycles. The molecule has 0 aromatic heterocycles. The molecule has 1 saturated heterocycles. The molecule has 1 aliphatic heterocycles. The summed E-state index contributed by atoms with van der Waals surface area (Å²) in [6.45, 7) is 11.0. The number of aliphatic hydroxyl groups is 1.